The summed E-state index contributed by atoms with van der Waals surface area (Å²) in [5, 5.41) is 16.0. The highest BCUT2D eigenvalue weighted by molar-refractivity contribution is 6.22. The zero-order valence-corrected chi connectivity index (χ0v) is 17.9. The second-order valence-corrected chi connectivity index (χ2v) is 8.16. The van der Waals surface area contributed by atoms with Gasteiger partial charge in [0.1, 0.15) is 5.75 Å². The molecular formula is C30H20BO2. The van der Waals surface area contributed by atoms with E-state index in [0.29, 0.717) is 5.75 Å². The molecule has 0 aromatic heterocycles. The van der Waals surface area contributed by atoms with Gasteiger partial charge in [-0.2, -0.15) is 0 Å². The van der Waals surface area contributed by atoms with Crippen molar-refractivity contribution in [2.75, 3.05) is 0 Å². The molecule has 1 radical (unpaired) electrons. The summed E-state index contributed by atoms with van der Waals surface area (Å²) in [5.74, 6) is 0.667. The first-order valence-electron chi connectivity index (χ1n) is 11.0. The molecule has 155 valence electrons. The number of benzene rings is 6. The topological polar surface area (TPSA) is 29.5 Å². The average Bonchev–Trinajstić information content (AvgIpc) is 2.88. The van der Waals surface area contributed by atoms with Crippen LogP contribution < -0.4 is 4.65 Å². The molecule has 6 aromatic rings. The van der Waals surface area contributed by atoms with E-state index < -0.39 is 0 Å². The van der Waals surface area contributed by atoms with E-state index in [1.165, 1.54) is 21.9 Å². The highest BCUT2D eigenvalue weighted by atomic mass is 16.5. The lowest BCUT2D eigenvalue weighted by Gasteiger charge is -2.17. The number of hydrogen-bond acceptors (Lipinski definition) is 2. The minimum absolute atomic E-state index is 0.667. The van der Waals surface area contributed by atoms with Gasteiger partial charge >= 0.3 is 7.69 Å². The molecule has 0 saturated carbocycles. The Bertz CT molecular complexity index is 1560. The van der Waals surface area contributed by atoms with Crippen molar-refractivity contribution in [2.24, 2.45) is 0 Å². The largest absolute Gasteiger partial charge is 0.569 e. The highest BCUT2D eigenvalue weighted by Crippen LogP contribution is 2.43. The molecule has 6 rings (SSSR count). The van der Waals surface area contributed by atoms with Crippen LogP contribution in [0.5, 0.6) is 5.75 Å². The molecule has 0 aliphatic heterocycles. The van der Waals surface area contributed by atoms with Crippen LogP contribution in [0.1, 0.15) is 0 Å². The lowest BCUT2D eigenvalue weighted by atomic mass is 9.90. The molecule has 0 heterocycles. The molecule has 0 fully saturated rings. The van der Waals surface area contributed by atoms with Gasteiger partial charge in [0.2, 0.25) is 0 Å². The third kappa shape index (κ3) is 3.34. The Labute approximate surface area is 193 Å². The lowest BCUT2D eigenvalue weighted by molar-refractivity contribution is 0.459. The van der Waals surface area contributed by atoms with Gasteiger partial charge in [0.05, 0.1) is 0 Å². The Kier molecular flexibility index (Phi) is 4.82. The molecule has 2 nitrogen and oxygen atoms in total. The van der Waals surface area contributed by atoms with E-state index in [9.17, 15) is 5.02 Å². The first kappa shape index (κ1) is 19.6. The van der Waals surface area contributed by atoms with Gasteiger partial charge in [-0.05, 0) is 49.9 Å². The van der Waals surface area contributed by atoms with Crippen molar-refractivity contribution in [3.05, 3.63) is 115 Å². The van der Waals surface area contributed by atoms with Crippen LogP contribution in [0.2, 0.25) is 0 Å². The Morgan fingerprint density at radius 3 is 1.64 bits per heavy atom. The zero-order valence-electron chi connectivity index (χ0n) is 17.9. The van der Waals surface area contributed by atoms with E-state index >= 15 is 0 Å². The Balaban J connectivity index is 1.54. The molecule has 0 spiro atoms. The van der Waals surface area contributed by atoms with Crippen molar-refractivity contribution in [3.8, 4) is 28.0 Å². The van der Waals surface area contributed by atoms with Crippen molar-refractivity contribution in [1.29, 1.82) is 0 Å². The second-order valence-electron chi connectivity index (χ2n) is 8.16. The Hall–Kier alpha value is -4.08. The van der Waals surface area contributed by atoms with E-state index in [2.05, 4.69) is 78.9 Å². The summed E-state index contributed by atoms with van der Waals surface area (Å²) in [6, 6.07) is 40.2. The van der Waals surface area contributed by atoms with Crippen LogP contribution in [0.25, 0.3) is 54.6 Å². The molecule has 0 aliphatic carbocycles. The maximum Gasteiger partial charge on any atom is 0.569 e. The summed E-state index contributed by atoms with van der Waals surface area (Å²) in [7, 11) is 0.756. The molecule has 0 bridgehead atoms. The Morgan fingerprint density at radius 1 is 0.485 bits per heavy atom. The van der Waals surface area contributed by atoms with Gasteiger partial charge in [0, 0.05) is 10.8 Å². The number of hydrogen-bond donors (Lipinski definition) is 1. The monoisotopic (exact) mass is 423 g/mol. The molecule has 0 amide bonds. The molecule has 6 aromatic carbocycles. The maximum atomic E-state index is 9.38. The van der Waals surface area contributed by atoms with Gasteiger partial charge in [-0.3, -0.25) is 0 Å². The predicted octanol–water partition coefficient (Wildman–Crippen LogP) is 7.39. The van der Waals surface area contributed by atoms with Crippen molar-refractivity contribution in [3.63, 3.8) is 0 Å². The molecular weight excluding hydrogens is 403 g/mol. The van der Waals surface area contributed by atoms with Crippen molar-refractivity contribution < 1.29 is 9.68 Å². The van der Waals surface area contributed by atoms with E-state index in [-0.39, 0.29) is 0 Å². The molecule has 0 unspecified atom stereocenters. The van der Waals surface area contributed by atoms with E-state index in [1.54, 1.807) is 0 Å². The molecule has 33 heavy (non-hydrogen) atoms. The molecule has 1 N–H and O–H groups in total. The lowest BCUT2D eigenvalue weighted by Crippen LogP contribution is -2.01. The van der Waals surface area contributed by atoms with Crippen LogP contribution in [0, 0.1) is 0 Å². The van der Waals surface area contributed by atoms with Gasteiger partial charge < -0.3 is 9.68 Å². The van der Waals surface area contributed by atoms with Crippen LogP contribution in [0.4, 0.5) is 0 Å². The quantitative estimate of drug-likeness (QED) is 0.237. The van der Waals surface area contributed by atoms with Crippen molar-refractivity contribution >= 4 is 40.0 Å². The van der Waals surface area contributed by atoms with Crippen LogP contribution >= 0.6 is 0 Å². The van der Waals surface area contributed by atoms with Crippen molar-refractivity contribution in [2.45, 2.75) is 0 Å². The second kappa shape index (κ2) is 8.12. The van der Waals surface area contributed by atoms with E-state index in [1.807, 2.05) is 36.4 Å². The van der Waals surface area contributed by atoms with Crippen LogP contribution in [0.15, 0.2) is 115 Å². The third-order valence-corrected chi connectivity index (χ3v) is 6.31. The van der Waals surface area contributed by atoms with E-state index in [4.69, 9.17) is 4.65 Å². The summed E-state index contributed by atoms with van der Waals surface area (Å²) in [6.45, 7) is 0. The number of fused-ring (bicyclic) bond motifs is 3. The fourth-order valence-corrected chi connectivity index (χ4v) is 4.78. The molecule has 3 heteroatoms. The first-order chi connectivity index (χ1) is 16.3. The summed E-state index contributed by atoms with van der Waals surface area (Å²) in [4.78, 5) is 0. The summed E-state index contributed by atoms with van der Waals surface area (Å²) < 4.78 is 5.57. The molecule has 0 saturated heterocycles. The van der Waals surface area contributed by atoms with Gasteiger partial charge in [-0.1, -0.05) is 109 Å². The van der Waals surface area contributed by atoms with Gasteiger partial charge in [-0.15, -0.1) is 0 Å². The van der Waals surface area contributed by atoms with Crippen LogP contribution in [-0.4, -0.2) is 12.7 Å². The highest BCUT2D eigenvalue weighted by Gasteiger charge is 2.16. The normalized spacial score (nSPS) is 11.2. The van der Waals surface area contributed by atoms with Gasteiger partial charge in [0.25, 0.3) is 0 Å². The smallest absolute Gasteiger partial charge is 0.537 e. The van der Waals surface area contributed by atoms with Crippen LogP contribution in [0.3, 0.4) is 0 Å². The summed E-state index contributed by atoms with van der Waals surface area (Å²) in [5.41, 5.74) is 4.70. The SMILES string of the molecule is O[B]Oc1c2ccccc2c(-c2ccc(-c3ccc4ccccc4c3)cc2)c2ccccc12. The molecule has 0 aliphatic rings. The van der Waals surface area contributed by atoms with E-state index in [0.717, 1.165) is 40.4 Å². The number of rotatable bonds is 4. The summed E-state index contributed by atoms with van der Waals surface area (Å²) >= 11 is 0. The van der Waals surface area contributed by atoms with Crippen LogP contribution in [-0.2, 0) is 0 Å². The average molecular weight is 423 g/mol. The van der Waals surface area contributed by atoms with Gasteiger partial charge in [0.15, 0.2) is 0 Å². The third-order valence-electron chi connectivity index (χ3n) is 6.31. The van der Waals surface area contributed by atoms with Crippen molar-refractivity contribution in [1.82, 2.24) is 0 Å². The Morgan fingerprint density at radius 2 is 1.00 bits per heavy atom. The fraction of sp³-hybridized carbons (Fsp3) is 0. The fourth-order valence-electron chi connectivity index (χ4n) is 4.78. The maximum absolute atomic E-state index is 9.38. The summed E-state index contributed by atoms with van der Waals surface area (Å²) in [6.07, 6.45) is 0. The van der Waals surface area contributed by atoms with Gasteiger partial charge in [-0.25, -0.2) is 0 Å². The zero-order chi connectivity index (χ0) is 22.2. The minimum Gasteiger partial charge on any atom is -0.537 e. The standard InChI is InChI=1S/C30H20BO2/c32-31-33-30-27-11-5-3-9-25(27)29(26-10-4-6-12-28(26)30)22-16-13-21(14-17-22)24-18-15-20-7-1-2-8-23(20)19-24/h1-19,32H. The minimum atomic E-state index is 0.667. The predicted molar refractivity (Wildman–Crippen MR) is 138 cm³/mol. The first-order valence-corrected chi connectivity index (χ1v) is 11.0. The molecule has 0 atom stereocenters.